The van der Waals surface area contributed by atoms with E-state index < -0.39 is 12.0 Å². The van der Waals surface area contributed by atoms with Gasteiger partial charge in [0.1, 0.15) is 6.04 Å². The average molecular weight is 418 g/mol. The molecule has 0 saturated heterocycles. The molecule has 2 N–H and O–H groups in total. The maximum Gasteiger partial charge on any atom is 0.326 e. The zero-order chi connectivity index (χ0) is 22.1. The van der Waals surface area contributed by atoms with Crippen LogP contribution in [-0.2, 0) is 36.5 Å². The third kappa shape index (κ3) is 4.06. The van der Waals surface area contributed by atoms with E-state index in [4.69, 9.17) is 0 Å². The van der Waals surface area contributed by atoms with Gasteiger partial charge in [-0.25, -0.2) is 4.79 Å². The first-order valence-corrected chi connectivity index (χ1v) is 10.4. The molecule has 4 rings (SSSR count). The molecule has 6 heteroatoms. The number of aryl methyl sites for hydroxylation is 2. The molecule has 2 aromatic heterocycles. The molecular formula is C25H27N3O3. The average Bonchev–Trinajstić information content (AvgIpc) is 3.24. The van der Waals surface area contributed by atoms with Crippen molar-refractivity contribution in [2.75, 3.05) is 0 Å². The number of aromatic nitrogens is 2. The largest absolute Gasteiger partial charge is 0.480 e. The second kappa shape index (κ2) is 8.30. The molecule has 4 aromatic rings. The maximum absolute atomic E-state index is 12.9. The molecule has 6 nitrogen and oxygen atoms in total. The molecule has 0 radical (unpaired) electrons. The highest BCUT2D eigenvalue weighted by Gasteiger charge is 2.25. The van der Waals surface area contributed by atoms with Gasteiger partial charge in [0.15, 0.2) is 0 Å². The Bertz CT molecular complexity index is 1270. The van der Waals surface area contributed by atoms with Crippen LogP contribution in [0.3, 0.4) is 0 Å². The van der Waals surface area contributed by atoms with Crippen molar-refractivity contribution in [3.8, 4) is 0 Å². The van der Waals surface area contributed by atoms with Crippen LogP contribution in [0.4, 0.5) is 0 Å². The van der Waals surface area contributed by atoms with Gasteiger partial charge in [-0.2, -0.15) is 0 Å². The van der Waals surface area contributed by atoms with E-state index in [1.165, 1.54) is 0 Å². The number of hydrogen-bond acceptors (Lipinski definition) is 2. The molecule has 2 heterocycles. The number of carboxylic acids is 1. The first kappa shape index (κ1) is 20.7. The van der Waals surface area contributed by atoms with Crippen molar-refractivity contribution in [2.24, 2.45) is 20.0 Å². The van der Waals surface area contributed by atoms with Crippen LogP contribution < -0.4 is 5.32 Å². The molecule has 0 aliphatic rings. The van der Waals surface area contributed by atoms with Crippen LogP contribution in [0.2, 0.25) is 0 Å². The van der Waals surface area contributed by atoms with Gasteiger partial charge in [-0.05, 0) is 29.7 Å². The summed E-state index contributed by atoms with van der Waals surface area (Å²) >= 11 is 0. The van der Waals surface area contributed by atoms with Crippen molar-refractivity contribution in [1.29, 1.82) is 0 Å². The van der Waals surface area contributed by atoms with Crippen LogP contribution in [-0.4, -0.2) is 32.2 Å². The predicted octanol–water partition coefficient (Wildman–Crippen LogP) is 3.66. The van der Waals surface area contributed by atoms with E-state index in [0.717, 1.165) is 32.9 Å². The molecule has 1 amide bonds. The zero-order valence-corrected chi connectivity index (χ0v) is 18.0. The number of aliphatic carboxylic acids is 1. The number of para-hydroxylation sites is 2. The summed E-state index contributed by atoms with van der Waals surface area (Å²) in [6.45, 7) is 1.84. The van der Waals surface area contributed by atoms with E-state index >= 15 is 0 Å². The number of benzene rings is 2. The van der Waals surface area contributed by atoms with Crippen molar-refractivity contribution in [1.82, 2.24) is 14.5 Å². The van der Waals surface area contributed by atoms with E-state index in [2.05, 4.69) is 16.0 Å². The third-order valence-electron chi connectivity index (χ3n) is 5.97. The summed E-state index contributed by atoms with van der Waals surface area (Å²) in [5, 5.41) is 14.6. The fourth-order valence-corrected chi connectivity index (χ4v) is 4.33. The van der Waals surface area contributed by atoms with E-state index in [1.54, 1.807) is 0 Å². The Kier molecular flexibility index (Phi) is 5.55. The van der Waals surface area contributed by atoms with Crippen molar-refractivity contribution in [2.45, 2.75) is 25.8 Å². The SMILES string of the molecule is C[C@H](Cc1cn(C)c2ccccc12)C(=O)N[C@H](Cc1cn(C)c2ccccc12)C(=O)O. The molecule has 0 saturated carbocycles. The molecule has 160 valence electrons. The smallest absolute Gasteiger partial charge is 0.326 e. The first-order chi connectivity index (χ1) is 14.8. The Morgan fingerprint density at radius 1 is 0.871 bits per heavy atom. The van der Waals surface area contributed by atoms with Crippen molar-refractivity contribution >= 4 is 33.7 Å². The molecule has 0 spiro atoms. The Morgan fingerprint density at radius 3 is 1.87 bits per heavy atom. The van der Waals surface area contributed by atoms with Gasteiger partial charge in [-0.1, -0.05) is 43.3 Å². The van der Waals surface area contributed by atoms with Gasteiger partial charge in [0.25, 0.3) is 0 Å². The van der Waals surface area contributed by atoms with Crippen LogP contribution in [0.25, 0.3) is 21.8 Å². The molecular weight excluding hydrogens is 390 g/mol. The zero-order valence-electron chi connectivity index (χ0n) is 18.0. The number of nitrogens with one attached hydrogen (secondary N) is 1. The highest BCUT2D eigenvalue weighted by molar-refractivity contribution is 5.89. The number of rotatable bonds is 7. The third-order valence-corrected chi connectivity index (χ3v) is 5.97. The minimum Gasteiger partial charge on any atom is -0.480 e. The minimum absolute atomic E-state index is 0.239. The van der Waals surface area contributed by atoms with Crippen LogP contribution >= 0.6 is 0 Å². The number of carbonyl (C=O) groups is 2. The first-order valence-electron chi connectivity index (χ1n) is 10.4. The van der Waals surface area contributed by atoms with E-state index in [1.807, 2.05) is 80.4 Å². The Hall–Kier alpha value is -3.54. The fraction of sp³-hybridized carbons (Fsp3) is 0.280. The van der Waals surface area contributed by atoms with Crippen LogP contribution in [0.5, 0.6) is 0 Å². The Balaban J connectivity index is 1.50. The number of fused-ring (bicyclic) bond motifs is 2. The van der Waals surface area contributed by atoms with Crippen LogP contribution in [0, 0.1) is 5.92 Å². The summed E-state index contributed by atoms with van der Waals surface area (Å²) in [5.74, 6) is -1.63. The normalized spacial score (nSPS) is 13.4. The van der Waals surface area contributed by atoms with Gasteiger partial charge in [-0.3, -0.25) is 4.79 Å². The quantitative estimate of drug-likeness (QED) is 0.482. The van der Waals surface area contributed by atoms with Gasteiger partial charge in [0.05, 0.1) is 0 Å². The van der Waals surface area contributed by atoms with Gasteiger partial charge in [0, 0.05) is 60.6 Å². The molecule has 2 atom stereocenters. The lowest BCUT2D eigenvalue weighted by atomic mass is 9.98. The van der Waals surface area contributed by atoms with E-state index in [9.17, 15) is 14.7 Å². The maximum atomic E-state index is 12.9. The summed E-state index contributed by atoms with van der Waals surface area (Å²) in [6, 6.07) is 15.0. The molecule has 0 fully saturated rings. The van der Waals surface area contributed by atoms with Crippen molar-refractivity contribution < 1.29 is 14.7 Å². The molecule has 0 aliphatic heterocycles. The summed E-state index contributed by atoms with van der Waals surface area (Å²) in [4.78, 5) is 24.8. The summed E-state index contributed by atoms with van der Waals surface area (Å²) in [6.07, 6.45) is 4.77. The van der Waals surface area contributed by atoms with E-state index in [-0.39, 0.29) is 18.2 Å². The van der Waals surface area contributed by atoms with Gasteiger partial charge in [0.2, 0.25) is 5.91 Å². The Labute approximate surface area is 181 Å². The van der Waals surface area contributed by atoms with Crippen molar-refractivity contribution in [3.63, 3.8) is 0 Å². The van der Waals surface area contributed by atoms with Crippen LogP contribution in [0.1, 0.15) is 18.1 Å². The van der Waals surface area contributed by atoms with E-state index in [0.29, 0.717) is 6.42 Å². The topological polar surface area (TPSA) is 76.3 Å². The number of carbonyl (C=O) groups excluding carboxylic acids is 1. The van der Waals surface area contributed by atoms with Gasteiger partial charge < -0.3 is 19.6 Å². The van der Waals surface area contributed by atoms with Crippen molar-refractivity contribution in [3.05, 3.63) is 72.1 Å². The highest BCUT2D eigenvalue weighted by Crippen LogP contribution is 2.24. The lowest BCUT2D eigenvalue weighted by molar-refractivity contribution is -0.142. The highest BCUT2D eigenvalue weighted by atomic mass is 16.4. The number of hydrogen-bond donors (Lipinski definition) is 2. The molecule has 0 bridgehead atoms. The second-order valence-electron chi connectivity index (χ2n) is 8.27. The molecule has 2 aromatic carbocycles. The summed E-state index contributed by atoms with van der Waals surface area (Å²) in [5.41, 5.74) is 4.15. The molecule has 0 unspecified atom stereocenters. The summed E-state index contributed by atoms with van der Waals surface area (Å²) < 4.78 is 4.03. The molecule has 0 aliphatic carbocycles. The number of amides is 1. The Morgan fingerprint density at radius 2 is 1.35 bits per heavy atom. The van der Waals surface area contributed by atoms with Crippen LogP contribution in [0.15, 0.2) is 60.9 Å². The number of nitrogens with zero attached hydrogens (tertiary/aromatic N) is 2. The monoisotopic (exact) mass is 417 g/mol. The van der Waals surface area contributed by atoms with Gasteiger partial charge in [-0.15, -0.1) is 0 Å². The second-order valence-corrected chi connectivity index (χ2v) is 8.27. The standard InChI is InChI=1S/C25H27N3O3/c1-16(12-17-14-27(2)22-10-6-4-8-19(17)22)24(29)26-21(25(30)31)13-18-15-28(3)23-11-7-5-9-20(18)23/h4-11,14-16,21H,12-13H2,1-3H3,(H,26,29)(H,30,31)/t16-,21-/m1/s1. The van der Waals surface area contributed by atoms with Gasteiger partial charge >= 0.3 is 5.97 Å². The predicted molar refractivity (Wildman–Crippen MR) is 122 cm³/mol. The fourth-order valence-electron chi connectivity index (χ4n) is 4.33. The summed E-state index contributed by atoms with van der Waals surface area (Å²) in [7, 11) is 3.92. The lowest BCUT2D eigenvalue weighted by Gasteiger charge is -2.18. The minimum atomic E-state index is -1.03. The number of carboxylic acid groups (broad SMARTS) is 1. The lowest BCUT2D eigenvalue weighted by Crippen LogP contribution is -2.44. The molecule has 31 heavy (non-hydrogen) atoms.